The molecule has 4 rings (SSSR count). The van der Waals surface area contributed by atoms with E-state index in [1.54, 1.807) is 4.57 Å². The van der Waals surface area contributed by atoms with Gasteiger partial charge in [-0.15, -0.1) is 10.2 Å². The number of unbranched alkanes of at least 4 members (excludes halogenated alkanes) is 1. The third kappa shape index (κ3) is 4.34. The van der Waals surface area contributed by atoms with E-state index < -0.39 is 0 Å². The van der Waals surface area contributed by atoms with Crippen LogP contribution in [0.15, 0.2) is 64.5 Å². The lowest BCUT2D eigenvalue weighted by atomic mass is 10.2. The van der Waals surface area contributed by atoms with Crippen LogP contribution in [0.25, 0.3) is 16.7 Å². The number of aromatic nitrogens is 4. The number of nitrogens with one attached hydrogen (secondary N) is 1. The van der Waals surface area contributed by atoms with Crippen molar-refractivity contribution >= 4 is 34.3 Å². The molecule has 8 heteroatoms. The fourth-order valence-electron chi connectivity index (χ4n) is 3.47. The zero-order chi connectivity index (χ0) is 21.8. The molecule has 2 aromatic heterocycles. The van der Waals surface area contributed by atoms with Crippen LogP contribution in [0.4, 0.5) is 0 Å². The zero-order valence-corrected chi connectivity index (χ0v) is 18.4. The van der Waals surface area contributed by atoms with E-state index in [9.17, 15) is 9.59 Å². The summed E-state index contributed by atoms with van der Waals surface area (Å²) in [5, 5.41) is 12.5. The number of amides is 1. The number of benzene rings is 2. The molecule has 0 saturated carbocycles. The maximum atomic E-state index is 13.0. The average molecular weight is 436 g/mol. The minimum atomic E-state index is -0.370. The molecule has 1 amide bonds. The van der Waals surface area contributed by atoms with Crippen LogP contribution < -0.4 is 10.9 Å². The van der Waals surface area contributed by atoms with Gasteiger partial charge in [0.25, 0.3) is 5.56 Å². The number of thioether (sulfide) groups is 1. The number of carbonyl (C=O) groups excluding carboxylic acids is 1. The van der Waals surface area contributed by atoms with E-state index in [1.165, 1.54) is 11.8 Å². The van der Waals surface area contributed by atoms with E-state index >= 15 is 0 Å². The van der Waals surface area contributed by atoms with E-state index in [0.717, 1.165) is 23.9 Å². The van der Waals surface area contributed by atoms with Gasteiger partial charge in [-0.05, 0) is 31.0 Å². The van der Waals surface area contributed by atoms with Crippen LogP contribution in [-0.2, 0) is 17.9 Å². The van der Waals surface area contributed by atoms with Crippen LogP contribution in [0.5, 0.6) is 0 Å². The molecule has 0 aliphatic carbocycles. The molecule has 7 nitrogen and oxygen atoms in total. The largest absolute Gasteiger partial charge is 0.351 e. The third-order valence-corrected chi connectivity index (χ3v) is 6.22. The summed E-state index contributed by atoms with van der Waals surface area (Å²) in [6.07, 6.45) is 1.85. The zero-order valence-electron chi connectivity index (χ0n) is 17.6. The predicted molar refractivity (Wildman–Crippen MR) is 123 cm³/mol. The number of hydrogen-bond donors (Lipinski definition) is 1. The Kier molecular flexibility index (Phi) is 6.36. The summed E-state index contributed by atoms with van der Waals surface area (Å²) < 4.78 is 3.57. The first-order valence-electron chi connectivity index (χ1n) is 10.4. The van der Waals surface area contributed by atoms with Crippen LogP contribution in [0.3, 0.4) is 0 Å². The Labute approximate surface area is 184 Å². The number of para-hydroxylation sites is 1. The number of rotatable bonds is 8. The molecule has 0 saturated heterocycles. The number of fused-ring (bicyclic) bond motifs is 3. The molecular formula is C23H25N5O2S. The molecule has 4 aromatic rings. The van der Waals surface area contributed by atoms with Crippen molar-refractivity contribution < 1.29 is 4.79 Å². The minimum absolute atomic E-state index is 0.0610. The Morgan fingerprint density at radius 1 is 1.10 bits per heavy atom. The van der Waals surface area contributed by atoms with Crippen molar-refractivity contribution in [2.24, 2.45) is 0 Å². The molecular weight excluding hydrogens is 410 g/mol. The van der Waals surface area contributed by atoms with E-state index in [4.69, 9.17) is 0 Å². The molecule has 1 unspecified atom stereocenters. The maximum Gasteiger partial charge on any atom is 0.262 e. The average Bonchev–Trinajstić information content (AvgIpc) is 3.21. The quantitative estimate of drug-likeness (QED) is 0.427. The van der Waals surface area contributed by atoms with Gasteiger partial charge in [0.05, 0.1) is 16.2 Å². The van der Waals surface area contributed by atoms with Gasteiger partial charge in [0.15, 0.2) is 5.16 Å². The molecule has 160 valence electrons. The third-order valence-electron chi connectivity index (χ3n) is 5.17. The Hall–Kier alpha value is -3.13. The molecule has 0 bridgehead atoms. The monoisotopic (exact) mass is 435 g/mol. The lowest BCUT2D eigenvalue weighted by Gasteiger charge is -2.13. The van der Waals surface area contributed by atoms with Gasteiger partial charge < -0.3 is 5.32 Å². The first-order valence-corrected chi connectivity index (χ1v) is 11.3. The minimum Gasteiger partial charge on any atom is -0.351 e. The summed E-state index contributed by atoms with van der Waals surface area (Å²) in [7, 11) is 0. The molecule has 0 spiro atoms. The van der Waals surface area contributed by atoms with Gasteiger partial charge >= 0.3 is 0 Å². The van der Waals surface area contributed by atoms with Gasteiger partial charge in [0.2, 0.25) is 11.7 Å². The van der Waals surface area contributed by atoms with E-state index in [-0.39, 0.29) is 16.7 Å². The van der Waals surface area contributed by atoms with Crippen molar-refractivity contribution in [3.05, 3.63) is 70.5 Å². The molecule has 0 fully saturated rings. The van der Waals surface area contributed by atoms with Gasteiger partial charge in [-0.2, -0.15) is 0 Å². The topological polar surface area (TPSA) is 81.3 Å². The molecule has 2 heterocycles. The number of nitrogens with zero attached hydrogens (tertiary/aromatic N) is 4. The van der Waals surface area contributed by atoms with Crippen molar-refractivity contribution in [2.75, 3.05) is 0 Å². The van der Waals surface area contributed by atoms with Gasteiger partial charge in [-0.1, -0.05) is 67.6 Å². The second kappa shape index (κ2) is 9.34. The first kappa shape index (κ1) is 21.1. The SMILES string of the molecule is CCCCn1c(=O)c2ccccc2n2c(SC(C)C(=O)NCc3ccccc3)nnc12. The van der Waals surface area contributed by atoms with Crippen LogP contribution in [0.1, 0.15) is 32.3 Å². The molecule has 31 heavy (non-hydrogen) atoms. The predicted octanol–water partition coefficient (Wildman–Crippen LogP) is 3.64. The van der Waals surface area contributed by atoms with E-state index in [2.05, 4.69) is 22.4 Å². The van der Waals surface area contributed by atoms with Crippen LogP contribution >= 0.6 is 11.8 Å². The highest BCUT2D eigenvalue weighted by atomic mass is 32.2. The summed E-state index contributed by atoms with van der Waals surface area (Å²) in [5.74, 6) is 0.436. The summed E-state index contributed by atoms with van der Waals surface area (Å²) in [5.41, 5.74) is 1.74. The highest BCUT2D eigenvalue weighted by Gasteiger charge is 2.21. The van der Waals surface area contributed by atoms with Crippen molar-refractivity contribution in [3.63, 3.8) is 0 Å². The second-order valence-corrected chi connectivity index (χ2v) is 8.72. The second-order valence-electron chi connectivity index (χ2n) is 7.41. The van der Waals surface area contributed by atoms with Crippen molar-refractivity contribution in [3.8, 4) is 0 Å². The van der Waals surface area contributed by atoms with Crippen molar-refractivity contribution in [2.45, 2.75) is 50.2 Å². The lowest BCUT2D eigenvalue weighted by molar-refractivity contribution is -0.120. The Balaban J connectivity index is 1.64. The molecule has 1 N–H and O–H groups in total. The van der Waals surface area contributed by atoms with E-state index in [1.807, 2.05) is 65.9 Å². The summed E-state index contributed by atoms with van der Waals surface area (Å²) in [4.78, 5) is 25.7. The van der Waals surface area contributed by atoms with Gasteiger partial charge in [0, 0.05) is 13.1 Å². The molecule has 1 atom stereocenters. The fraction of sp³-hybridized carbons (Fsp3) is 0.304. The highest BCUT2D eigenvalue weighted by molar-refractivity contribution is 8.00. The first-order chi connectivity index (χ1) is 15.1. The van der Waals surface area contributed by atoms with Crippen LogP contribution in [0.2, 0.25) is 0 Å². The molecule has 0 radical (unpaired) electrons. The normalized spacial score (nSPS) is 12.3. The number of hydrogen-bond acceptors (Lipinski definition) is 5. The van der Waals surface area contributed by atoms with E-state index in [0.29, 0.717) is 29.4 Å². The number of carbonyl (C=O) groups is 1. The molecule has 0 aliphatic heterocycles. The van der Waals surface area contributed by atoms with Crippen LogP contribution in [0, 0.1) is 0 Å². The molecule has 0 aliphatic rings. The van der Waals surface area contributed by atoms with Crippen molar-refractivity contribution in [1.82, 2.24) is 24.5 Å². The van der Waals surface area contributed by atoms with Gasteiger partial charge in [-0.25, -0.2) is 0 Å². The standard InChI is InChI=1S/C23H25N5O2S/c1-3-4-14-27-21(30)18-12-8-9-13-19(18)28-22(27)25-26-23(28)31-16(2)20(29)24-15-17-10-6-5-7-11-17/h5-13,16H,3-4,14-15H2,1-2H3,(H,24,29). The lowest BCUT2D eigenvalue weighted by Crippen LogP contribution is -2.30. The summed E-state index contributed by atoms with van der Waals surface area (Å²) >= 11 is 1.34. The number of aryl methyl sites for hydroxylation is 1. The Morgan fingerprint density at radius 3 is 2.61 bits per heavy atom. The van der Waals surface area contributed by atoms with Gasteiger partial charge in [0.1, 0.15) is 0 Å². The van der Waals surface area contributed by atoms with Gasteiger partial charge in [-0.3, -0.25) is 18.6 Å². The smallest absolute Gasteiger partial charge is 0.262 e. The summed E-state index contributed by atoms with van der Waals surface area (Å²) in [6, 6.07) is 17.3. The van der Waals surface area contributed by atoms with Crippen LogP contribution in [-0.4, -0.2) is 30.3 Å². The fourth-order valence-corrected chi connectivity index (χ4v) is 4.35. The molecule has 2 aromatic carbocycles. The Bertz CT molecular complexity index is 1270. The maximum absolute atomic E-state index is 13.0. The summed E-state index contributed by atoms with van der Waals surface area (Å²) in [6.45, 7) is 5.00. The highest BCUT2D eigenvalue weighted by Crippen LogP contribution is 2.25. The Morgan fingerprint density at radius 2 is 1.84 bits per heavy atom. The van der Waals surface area contributed by atoms with Crippen molar-refractivity contribution in [1.29, 1.82) is 0 Å².